The topological polar surface area (TPSA) is 114 Å². The van der Waals surface area contributed by atoms with Crippen molar-refractivity contribution >= 4 is 33.3 Å². The molecule has 2 rings (SSSR count). The highest BCUT2D eigenvalue weighted by atomic mass is 79.9. The van der Waals surface area contributed by atoms with E-state index in [0.717, 1.165) is 0 Å². The van der Waals surface area contributed by atoms with Gasteiger partial charge in [-0.1, -0.05) is 5.10 Å². The van der Waals surface area contributed by atoms with E-state index in [9.17, 15) is 14.9 Å². The monoisotopic (exact) mass is 311 g/mol. The summed E-state index contributed by atoms with van der Waals surface area (Å²) < 4.78 is 0.00823. The molecule has 0 aliphatic heterocycles. The van der Waals surface area contributed by atoms with Crippen molar-refractivity contribution in [1.29, 1.82) is 0 Å². The fourth-order valence-corrected chi connectivity index (χ4v) is 1.72. The van der Waals surface area contributed by atoms with Gasteiger partial charge in [-0.15, -0.1) is 5.10 Å². The first-order valence-electron chi connectivity index (χ1n) is 4.69. The minimum absolute atomic E-state index is 0.00823. The number of aromatic nitrogens is 3. The Hall–Kier alpha value is -2.29. The third-order valence-electron chi connectivity index (χ3n) is 2.01. The molecule has 2 aromatic rings. The van der Waals surface area contributed by atoms with Crippen LogP contribution in [0.2, 0.25) is 0 Å². The molecule has 92 valence electrons. The van der Waals surface area contributed by atoms with Crippen molar-refractivity contribution in [2.45, 2.75) is 0 Å². The largest absolute Gasteiger partial charge is 0.358 e. The molecule has 0 unspecified atom stereocenters. The van der Waals surface area contributed by atoms with Crippen molar-refractivity contribution < 1.29 is 9.72 Å². The number of carbonyl (C=O) groups is 1. The van der Waals surface area contributed by atoms with Crippen LogP contribution in [-0.2, 0) is 0 Å². The van der Waals surface area contributed by atoms with Crippen molar-refractivity contribution in [3.8, 4) is 0 Å². The Bertz CT molecular complexity index is 598. The van der Waals surface area contributed by atoms with E-state index < -0.39 is 10.8 Å². The molecular formula is C9H6BrN5O3. The predicted molar refractivity (Wildman–Crippen MR) is 65.1 cm³/mol. The van der Waals surface area contributed by atoms with Crippen LogP contribution in [0.5, 0.6) is 0 Å². The number of anilines is 1. The summed E-state index contributed by atoms with van der Waals surface area (Å²) in [7, 11) is 0. The van der Waals surface area contributed by atoms with E-state index >= 15 is 0 Å². The number of hydrogen-bond acceptors (Lipinski definition) is 5. The van der Waals surface area contributed by atoms with E-state index in [1.807, 2.05) is 0 Å². The van der Waals surface area contributed by atoms with Gasteiger partial charge in [0, 0.05) is 6.20 Å². The molecule has 0 atom stereocenters. The highest BCUT2D eigenvalue weighted by molar-refractivity contribution is 9.10. The Morgan fingerprint density at radius 3 is 2.89 bits per heavy atom. The summed E-state index contributed by atoms with van der Waals surface area (Å²) in [6.45, 7) is 0. The van der Waals surface area contributed by atoms with Gasteiger partial charge in [-0.05, 0) is 33.0 Å². The standard InChI is InChI=1S/C9H6BrN5O3/c10-6-7(13-14-8(6)15(17)18)9(16)12-5-2-1-3-11-4-5/h1-4H,(H,12,16)(H,13,14). The second-order valence-electron chi connectivity index (χ2n) is 3.19. The molecule has 0 bridgehead atoms. The summed E-state index contributed by atoms with van der Waals surface area (Å²) in [6, 6.07) is 3.29. The van der Waals surface area contributed by atoms with Gasteiger partial charge in [0.2, 0.25) is 0 Å². The highest BCUT2D eigenvalue weighted by Crippen LogP contribution is 2.25. The predicted octanol–water partition coefficient (Wildman–Crippen LogP) is 1.73. The molecule has 2 N–H and O–H groups in total. The zero-order chi connectivity index (χ0) is 13.1. The number of nitro groups is 1. The van der Waals surface area contributed by atoms with Crippen LogP contribution in [0.3, 0.4) is 0 Å². The Labute approximate surface area is 109 Å². The van der Waals surface area contributed by atoms with Crippen molar-refractivity contribution in [2.24, 2.45) is 0 Å². The maximum atomic E-state index is 11.8. The first-order valence-corrected chi connectivity index (χ1v) is 5.48. The second kappa shape index (κ2) is 4.92. The van der Waals surface area contributed by atoms with Gasteiger partial charge < -0.3 is 15.4 Å². The first-order chi connectivity index (χ1) is 8.59. The van der Waals surface area contributed by atoms with Crippen molar-refractivity contribution in [3.05, 3.63) is 44.8 Å². The lowest BCUT2D eigenvalue weighted by atomic mass is 10.3. The smallest absolute Gasteiger partial charge is 0.357 e. The van der Waals surface area contributed by atoms with E-state index in [-0.39, 0.29) is 16.0 Å². The van der Waals surface area contributed by atoms with Crippen LogP contribution < -0.4 is 5.32 Å². The summed E-state index contributed by atoms with van der Waals surface area (Å²) in [5.41, 5.74) is 0.380. The zero-order valence-corrected chi connectivity index (χ0v) is 10.3. The molecule has 2 aromatic heterocycles. The van der Waals surface area contributed by atoms with E-state index in [0.29, 0.717) is 5.69 Å². The van der Waals surface area contributed by atoms with E-state index in [1.165, 1.54) is 6.20 Å². The van der Waals surface area contributed by atoms with Crippen LogP contribution in [-0.4, -0.2) is 26.0 Å². The lowest BCUT2D eigenvalue weighted by Gasteiger charge is -2.01. The summed E-state index contributed by atoms with van der Waals surface area (Å²) in [4.78, 5) is 25.5. The molecule has 18 heavy (non-hydrogen) atoms. The number of rotatable bonds is 3. The lowest BCUT2D eigenvalue weighted by Crippen LogP contribution is -2.13. The van der Waals surface area contributed by atoms with Crippen molar-refractivity contribution in [1.82, 2.24) is 15.2 Å². The Kier molecular flexibility index (Phi) is 3.33. The maximum absolute atomic E-state index is 11.8. The average molecular weight is 312 g/mol. The highest BCUT2D eigenvalue weighted by Gasteiger charge is 2.24. The van der Waals surface area contributed by atoms with Crippen LogP contribution in [0.25, 0.3) is 0 Å². The molecule has 2 heterocycles. The molecule has 0 radical (unpaired) electrons. The van der Waals surface area contributed by atoms with Crippen LogP contribution in [0, 0.1) is 10.1 Å². The van der Waals surface area contributed by atoms with Gasteiger partial charge in [0.15, 0.2) is 5.69 Å². The number of amides is 1. The van der Waals surface area contributed by atoms with E-state index in [2.05, 4.69) is 36.4 Å². The summed E-state index contributed by atoms with van der Waals surface area (Å²) >= 11 is 2.95. The fourth-order valence-electron chi connectivity index (χ4n) is 1.22. The number of H-pyrrole nitrogens is 1. The van der Waals surface area contributed by atoms with Crippen LogP contribution in [0.1, 0.15) is 10.5 Å². The molecule has 9 heteroatoms. The number of aromatic amines is 1. The Morgan fingerprint density at radius 2 is 2.33 bits per heavy atom. The average Bonchev–Trinajstić information content (AvgIpc) is 2.72. The molecule has 0 aliphatic carbocycles. The number of pyridine rings is 1. The minimum atomic E-state index is -0.669. The van der Waals surface area contributed by atoms with Gasteiger partial charge in [-0.3, -0.25) is 9.78 Å². The van der Waals surface area contributed by atoms with Gasteiger partial charge >= 0.3 is 5.82 Å². The maximum Gasteiger partial charge on any atom is 0.357 e. The minimum Gasteiger partial charge on any atom is -0.358 e. The van der Waals surface area contributed by atoms with Gasteiger partial charge in [0.1, 0.15) is 4.47 Å². The zero-order valence-electron chi connectivity index (χ0n) is 8.75. The quantitative estimate of drug-likeness (QED) is 0.661. The summed E-state index contributed by atoms with van der Waals surface area (Å²) in [5.74, 6) is -0.939. The molecule has 0 saturated carbocycles. The summed E-state index contributed by atoms with van der Waals surface area (Å²) in [6.07, 6.45) is 3.01. The van der Waals surface area contributed by atoms with Gasteiger partial charge in [-0.2, -0.15) is 0 Å². The molecule has 8 nitrogen and oxygen atoms in total. The van der Waals surface area contributed by atoms with Gasteiger partial charge in [0.25, 0.3) is 5.91 Å². The van der Waals surface area contributed by atoms with Gasteiger partial charge in [0.05, 0.1) is 11.9 Å². The third kappa shape index (κ3) is 2.35. The molecule has 0 fully saturated rings. The Morgan fingerprint density at radius 1 is 1.56 bits per heavy atom. The molecule has 0 spiro atoms. The molecule has 1 amide bonds. The molecule has 0 saturated heterocycles. The fraction of sp³-hybridized carbons (Fsp3) is 0. The van der Waals surface area contributed by atoms with Crippen LogP contribution >= 0.6 is 15.9 Å². The summed E-state index contributed by atoms with van der Waals surface area (Å²) in [5, 5.41) is 18.8. The molecule has 0 aromatic carbocycles. The second-order valence-corrected chi connectivity index (χ2v) is 3.98. The van der Waals surface area contributed by atoms with Crippen LogP contribution in [0.15, 0.2) is 29.0 Å². The molecular weight excluding hydrogens is 306 g/mol. The van der Waals surface area contributed by atoms with Gasteiger partial charge in [-0.25, -0.2) is 0 Å². The van der Waals surface area contributed by atoms with E-state index in [4.69, 9.17) is 0 Å². The number of nitrogens with zero attached hydrogens (tertiary/aromatic N) is 3. The first kappa shape index (κ1) is 12.2. The van der Waals surface area contributed by atoms with Crippen molar-refractivity contribution in [2.75, 3.05) is 5.32 Å². The Balaban J connectivity index is 2.22. The normalized spacial score (nSPS) is 10.1. The lowest BCUT2D eigenvalue weighted by molar-refractivity contribution is -0.390. The number of hydrogen-bond donors (Lipinski definition) is 2. The number of nitrogens with one attached hydrogen (secondary N) is 2. The third-order valence-corrected chi connectivity index (χ3v) is 2.76. The number of carbonyl (C=O) groups excluding carboxylic acids is 1. The van der Waals surface area contributed by atoms with Crippen LogP contribution in [0.4, 0.5) is 11.5 Å². The SMILES string of the molecule is O=C(Nc1cccnc1)c1n[nH]c([N+](=O)[O-])c1Br. The number of halogens is 1. The van der Waals surface area contributed by atoms with Crippen molar-refractivity contribution in [3.63, 3.8) is 0 Å². The van der Waals surface area contributed by atoms with E-state index in [1.54, 1.807) is 18.3 Å². The molecule has 0 aliphatic rings.